The maximum absolute atomic E-state index is 8.93. The molecule has 5 heteroatoms. The van der Waals surface area contributed by atoms with Crippen molar-refractivity contribution >= 4 is 5.82 Å². The van der Waals surface area contributed by atoms with Crippen molar-refractivity contribution in [1.29, 1.82) is 0 Å². The van der Waals surface area contributed by atoms with Gasteiger partial charge >= 0.3 is 0 Å². The molecule has 1 aliphatic rings. The number of rotatable bonds is 4. The van der Waals surface area contributed by atoms with Gasteiger partial charge in [-0.15, -0.1) is 0 Å². The zero-order valence-electron chi connectivity index (χ0n) is 9.77. The van der Waals surface area contributed by atoms with Crippen molar-refractivity contribution in [2.75, 3.05) is 32.1 Å². The van der Waals surface area contributed by atoms with Crippen LogP contribution >= 0.6 is 0 Å². The first-order valence-corrected chi connectivity index (χ1v) is 5.63. The predicted molar refractivity (Wildman–Crippen MR) is 62.3 cm³/mol. The fourth-order valence-corrected chi connectivity index (χ4v) is 2.06. The molecule has 1 aromatic rings. The Morgan fingerprint density at radius 2 is 2.38 bits per heavy atom. The first-order valence-electron chi connectivity index (χ1n) is 5.63. The van der Waals surface area contributed by atoms with Crippen molar-refractivity contribution in [1.82, 2.24) is 14.9 Å². The van der Waals surface area contributed by atoms with Gasteiger partial charge in [0.2, 0.25) is 0 Å². The second-order valence-corrected chi connectivity index (χ2v) is 4.04. The molecule has 88 valence electrons. The Hall–Kier alpha value is -1.20. The number of β-amino-alcohol motifs (C(OH)–C–C–N with tert-alkyl or cyclic N) is 1. The second kappa shape index (κ2) is 4.76. The molecule has 16 heavy (non-hydrogen) atoms. The highest BCUT2D eigenvalue weighted by atomic mass is 16.3. The first-order chi connectivity index (χ1) is 7.74. The highest BCUT2D eigenvalue weighted by Gasteiger charge is 2.30. The Morgan fingerprint density at radius 1 is 1.56 bits per heavy atom. The van der Waals surface area contributed by atoms with E-state index in [2.05, 4.69) is 20.2 Å². The Bertz CT molecular complexity index is 369. The molecule has 5 nitrogen and oxygen atoms in total. The zero-order valence-corrected chi connectivity index (χ0v) is 9.77. The average molecular weight is 222 g/mol. The van der Waals surface area contributed by atoms with E-state index in [0.717, 1.165) is 36.8 Å². The Labute approximate surface area is 95.5 Å². The summed E-state index contributed by atoms with van der Waals surface area (Å²) in [4.78, 5) is 11.0. The van der Waals surface area contributed by atoms with Crippen LogP contribution in [0.3, 0.4) is 0 Å². The number of aliphatic hydroxyl groups excluding tert-OH is 1. The second-order valence-electron chi connectivity index (χ2n) is 4.04. The third-order valence-electron chi connectivity index (χ3n) is 2.97. The van der Waals surface area contributed by atoms with E-state index >= 15 is 0 Å². The van der Waals surface area contributed by atoms with Gasteiger partial charge in [0.25, 0.3) is 0 Å². The standard InChI is InChI=1S/C11H18N4O/c1-8-13-9(7-11(12-2)14-8)10-3-4-15(10)5-6-16/h7,10,16H,3-6H2,1-2H3,(H,12,13,14). The van der Waals surface area contributed by atoms with Crippen LogP contribution < -0.4 is 5.32 Å². The highest BCUT2D eigenvalue weighted by Crippen LogP contribution is 2.32. The lowest BCUT2D eigenvalue weighted by molar-refractivity contribution is 0.0653. The maximum atomic E-state index is 8.93. The predicted octanol–water partition coefficient (Wildman–Crippen LogP) is 0.566. The molecule has 1 atom stereocenters. The quantitative estimate of drug-likeness (QED) is 0.779. The van der Waals surface area contributed by atoms with Gasteiger partial charge in [-0.2, -0.15) is 0 Å². The van der Waals surface area contributed by atoms with Gasteiger partial charge in [0.15, 0.2) is 0 Å². The van der Waals surface area contributed by atoms with Crippen LogP contribution in [0.25, 0.3) is 0 Å². The van der Waals surface area contributed by atoms with Crippen molar-refractivity contribution in [2.45, 2.75) is 19.4 Å². The van der Waals surface area contributed by atoms with E-state index < -0.39 is 0 Å². The fraction of sp³-hybridized carbons (Fsp3) is 0.636. The third kappa shape index (κ3) is 2.15. The van der Waals surface area contributed by atoms with Crippen LogP contribution in [0.1, 0.15) is 24.0 Å². The number of likely N-dealkylation sites (tertiary alicyclic amines) is 1. The summed E-state index contributed by atoms with van der Waals surface area (Å²) in [7, 11) is 1.86. The highest BCUT2D eigenvalue weighted by molar-refractivity contribution is 5.36. The van der Waals surface area contributed by atoms with Crippen molar-refractivity contribution in [3.8, 4) is 0 Å². The van der Waals surface area contributed by atoms with Crippen LogP contribution in [0.4, 0.5) is 5.82 Å². The number of hydrogen-bond acceptors (Lipinski definition) is 5. The van der Waals surface area contributed by atoms with Crippen LogP contribution in [0.2, 0.25) is 0 Å². The molecule has 0 saturated carbocycles. The Balaban J connectivity index is 2.17. The largest absolute Gasteiger partial charge is 0.395 e. The summed E-state index contributed by atoms with van der Waals surface area (Å²) in [6.45, 7) is 3.88. The van der Waals surface area contributed by atoms with Crippen molar-refractivity contribution in [2.24, 2.45) is 0 Å². The fourth-order valence-electron chi connectivity index (χ4n) is 2.06. The molecule has 0 aliphatic carbocycles. The number of nitrogens with zero attached hydrogens (tertiary/aromatic N) is 3. The molecule has 2 rings (SSSR count). The molecular formula is C11H18N4O. The summed E-state index contributed by atoms with van der Waals surface area (Å²) < 4.78 is 0. The number of hydrogen-bond donors (Lipinski definition) is 2. The molecule has 1 fully saturated rings. The monoisotopic (exact) mass is 222 g/mol. The summed E-state index contributed by atoms with van der Waals surface area (Å²) in [5, 5.41) is 12.0. The molecule has 1 saturated heterocycles. The first kappa shape index (κ1) is 11.3. The Morgan fingerprint density at radius 3 is 2.94 bits per heavy atom. The SMILES string of the molecule is CNc1cc(C2CCN2CCO)nc(C)n1. The summed E-state index contributed by atoms with van der Waals surface area (Å²) >= 11 is 0. The molecule has 0 amide bonds. The Kier molecular flexibility index (Phi) is 3.36. The van der Waals surface area contributed by atoms with E-state index in [1.54, 1.807) is 0 Å². The lowest BCUT2D eigenvalue weighted by Gasteiger charge is -2.40. The number of nitrogens with one attached hydrogen (secondary N) is 1. The van der Waals surface area contributed by atoms with Crippen LogP contribution in [-0.2, 0) is 0 Å². The molecule has 1 aromatic heterocycles. The molecular weight excluding hydrogens is 204 g/mol. The van der Waals surface area contributed by atoms with Gasteiger partial charge in [0, 0.05) is 26.2 Å². The number of anilines is 1. The molecule has 0 spiro atoms. The lowest BCUT2D eigenvalue weighted by Crippen LogP contribution is -2.42. The summed E-state index contributed by atoms with van der Waals surface area (Å²) in [6.07, 6.45) is 1.11. The van der Waals surface area contributed by atoms with Crippen molar-refractivity contribution in [3.05, 3.63) is 17.6 Å². The van der Waals surface area contributed by atoms with Gasteiger partial charge in [0.1, 0.15) is 11.6 Å². The van der Waals surface area contributed by atoms with Crippen LogP contribution in [0.5, 0.6) is 0 Å². The van der Waals surface area contributed by atoms with E-state index in [-0.39, 0.29) is 6.61 Å². The van der Waals surface area contributed by atoms with Gasteiger partial charge < -0.3 is 10.4 Å². The lowest BCUT2D eigenvalue weighted by atomic mass is 9.99. The van der Waals surface area contributed by atoms with Gasteiger partial charge in [0.05, 0.1) is 18.3 Å². The van der Waals surface area contributed by atoms with Gasteiger partial charge in [-0.1, -0.05) is 0 Å². The van der Waals surface area contributed by atoms with E-state index in [4.69, 9.17) is 5.11 Å². The van der Waals surface area contributed by atoms with Gasteiger partial charge in [-0.05, 0) is 13.3 Å². The molecule has 2 heterocycles. The summed E-state index contributed by atoms with van der Waals surface area (Å²) in [6, 6.07) is 2.34. The van der Waals surface area contributed by atoms with E-state index in [1.807, 2.05) is 20.0 Å². The molecule has 2 N–H and O–H groups in total. The van der Waals surface area contributed by atoms with Crippen molar-refractivity contribution in [3.63, 3.8) is 0 Å². The van der Waals surface area contributed by atoms with E-state index in [0.29, 0.717) is 6.04 Å². The average Bonchev–Trinajstić information content (AvgIpc) is 2.23. The van der Waals surface area contributed by atoms with Crippen LogP contribution in [0, 0.1) is 6.92 Å². The third-order valence-corrected chi connectivity index (χ3v) is 2.97. The maximum Gasteiger partial charge on any atom is 0.129 e. The smallest absolute Gasteiger partial charge is 0.129 e. The molecule has 0 radical (unpaired) electrons. The van der Waals surface area contributed by atoms with Crippen LogP contribution in [-0.4, -0.2) is 46.7 Å². The normalized spacial score (nSPS) is 20.6. The number of aromatic nitrogens is 2. The number of aliphatic hydroxyl groups is 1. The van der Waals surface area contributed by atoms with E-state index in [9.17, 15) is 0 Å². The van der Waals surface area contributed by atoms with Gasteiger partial charge in [-0.25, -0.2) is 9.97 Å². The molecule has 0 bridgehead atoms. The van der Waals surface area contributed by atoms with E-state index in [1.165, 1.54) is 0 Å². The van der Waals surface area contributed by atoms with Gasteiger partial charge in [-0.3, -0.25) is 4.90 Å². The summed E-state index contributed by atoms with van der Waals surface area (Å²) in [5.41, 5.74) is 1.05. The molecule has 0 aromatic carbocycles. The minimum atomic E-state index is 0.208. The van der Waals surface area contributed by atoms with Crippen molar-refractivity contribution < 1.29 is 5.11 Å². The topological polar surface area (TPSA) is 61.3 Å². The molecule has 1 aliphatic heterocycles. The summed E-state index contributed by atoms with van der Waals surface area (Å²) in [5.74, 6) is 1.65. The van der Waals surface area contributed by atoms with Crippen LogP contribution in [0.15, 0.2) is 6.07 Å². The minimum Gasteiger partial charge on any atom is -0.395 e. The molecule has 1 unspecified atom stereocenters. The number of aryl methyl sites for hydroxylation is 1. The zero-order chi connectivity index (χ0) is 11.5. The minimum absolute atomic E-state index is 0.208.